The van der Waals surface area contributed by atoms with E-state index in [-0.39, 0.29) is 11.1 Å². The minimum Gasteiger partial charge on any atom is -0.506 e. The van der Waals surface area contributed by atoms with Gasteiger partial charge in [-0.1, -0.05) is 19.1 Å². The van der Waals surface area contributed by atoms with Gasteiger partial charge >= 0.3 is 12.1 Å². The van der Waals surface area contributed by atoms with Crippen molar-refractivity contribution in [1.82, 2.24) is 5.32 Å². The number of ketones is 1. The van der Waals surface area contributed by atoms with Crippen LogP contribution in [0.25, 0.3) is 5.76 Å². The standard InChI is InChI=1S/C20H22F3NO5/c1-9-6-7-11-10(2)16(26)14(17(27)13(11)15(9)20(21,22)23)18(28)24-8-12(25)29-19(3,4)5/h6-7,10,27H,8H2,1-5H3,(H,24,28). The molecule has 29 heavy (non-hydrogen) atoms. The molecule has 0 aromatic heterocycles. The van der Waals surface area contributed by atoms with Crippen molar-refractivity contribution >= 4 is 23.4 Å². The first-order valence-electron chi connectivity index (χ1n) is 8.83. The third-order valence-corrected chi connectivity index (χ3v) is 4.35. The molecular weight excluding hydrogens is 391 g/mol. The largest absolute Gasteiger partial charge is 0.506 e. The number of aliphatic hydroxyl groups excluding tert-OH is 1. The van der Waals surface area contributed by atoms with Crippen LogP contribution in [-0.2, 0) is 25.3 Å². The number of aryl methyl sites for hydroxylation is 1. The maximum Gasteiger partial charge on any atom is 0.417 e. The molecule has 1 atom stereocenters. The molecule has 0 spiro atoms. The summed E-state index contributed by atoms with van der Waals surface area (Å²) in [6.45, 7) is 6.81. The molecule has 9 heteroatoms. The maximum absolute atomic E-state index is 13.6. The number of ether oxygens (including phenoxy) is 1. The number of hydrogen-bond acceptors (Lipinski definition) is 5. The smallest absolute Gasteiger partial charge is 0.417 e. The number of amides is 1. The predicted octanol–water partition coefficient (Wildman–Crippen LogP) is 3.43. The quantitative estimate of drug-likeness (QED) is 0.585. The lowest BCUT2D eigenvalue weighted by atomic mass is 9.78. The van der Waals surface area contributed by atoms with Gasteiger partial charge in [0.25, 0.3) is 5.91 Å². The van der Waals surface area contributed by atoms with E-state index in [1.54, 1.807) is 20.8 Å². The van der Waals surface area contributed by atoms with E-state index in [9.17, 15) is 32.7 Å². The molecule has 0 radical (unpaired) electrons. The van der Waals surface area contributed by atoms with E-state index in [0.717, 1.165) is 0 Å². The molecule has 0 saturated carbocycles. The summed E-state index contributed by atoms with van der Waals surface area (Å²) in [6.07, 6.45) is -4.80. The lowest BCUT2D eigenvalue weighted by Crippen LogP contribution is -2.38. The van der Waals surface area contributed by atoms with Gasteiger partial charge in [-0.25, -0.2) is 0 Å². The van der Waals surface area contributed by atoms with E-state index in [4.69, 9.17) is 4.74 Å². The van der Waals surface area contributed by atoms with E-state index >= 15 is 0 Å². The second-order valence-corrected chi connectivity index (χ2v) is 7.80. The number of carbonyl (C=O) groups is 3. The van der Waals surface area contributed by atoms with Crippen LogP contribution in [-0.4, -0.2) is 34.9 Å². The number of carbonyl (C=O) groups excluding carboxylic acids is 3. The van der Waals surface area contributed by atoms with E-state index in [2.05, 4.69) is 5.32 Å². The summed E-state index contributed by atoms with van der Waals surface area (Å²) in [5.74, 6) is -4.92. The highest BCUT2D eigenvalue weighted by molar-refractivity contribution is 6.27. The number of fused-ring (bicyclic) bond motifs is 1. The van der Waals surface area contributed by atoms with Gasteiger partial charge in [0.1, 0.15) is 23.5 Å². The number of aliphatic hydroxyl groups is 1. The molecule has 1 amide bonds. The summed E-state index contributed by atoms with van der Waals surface area (Å²) in [4.78, 5) is 36.8. The normalized spacial score (nSPS) is 17.1. The third-order valence-electron chi connectivity index (χ3n) is 4.35. The number of Topliss-reactive ketones (excluding diaryl/α,β-unsaturated/α-hetero) is 1. The fourth-order valence-electron chi connectivity index (χ4n) is 3.14. The van der Waals surface area contributed by atoms with Crippen LogP contribution in [0.4, 0.5) is 13.2 Å². The van der Waals surface area contributed by atoms with Crippen LogP contribution >= 0.6 is 0 Å². The summed E-state index contributed by atoms with van der Waals surface area (Å²) in [6, 6.07) is 2.54. The first-order valence-corrected chi connectivity index (χ1v) is 8.83. The summed E-state index contributed by atoms with van der Waals surface area (Å²) in [7, 11) is 0. The van der Waals surface area contributed by atoms with Crippen molar-refractivity contribution in [3.05, 3.63) is 40.0 Å². The van der Waals surface area contributed by atoms with E-state index in [0.29, 0.717) is 0 Å². The van der Waals surface area contributed by atoms with Crippen LogP contribution in [0.5, 0.6) is 0 Å². The topological polar surface area (TPSA) is 92.7 Å². The van der Waals surface area contributed by atoms with Gasteiger partial charge in [0, 0.05) is 11.5 Å². The second-order valence-electron chi connectivity index (χ2n) is 7.80. The lowest BCUT2D eigenvalue weighted by Gasteiger charge is -2.27. The molecule has 1 unspecified atom stereocenters. The van der Waals surface area contributed by atoms with Crippen molar-refractivity contribution in [2.45, 2.75) is 52.3 Å². The molecule has 1 aromatic rings. The SMILES string of the molecule is Cc1ccc2c(c1C(F)(F)F)C(O)=C(C(=O)NCC(=O)OC(C)(C)C)C(=O)C2C. The van der Waals surface area contributed by atoms with Crippen LogP contribution < -0.4 is 5.32 Å². The van der Waals surface area contributed by atoms with Gasteiger partial charge < -0.3 is 15.2 Å². The monoisotopic (exact) mass is 413 g/mol. The van der Waals surface area contributed by atoms with Gasteiger partial charge in [-0.05, 0) is 38.8 Å². The molecule has 0 saturated heterocycles. The van der Waals surface area contributed by atoms with Crippen LogP contribution in [0, 0.1) is 6.92 Å². The maximum atomic E-state index is 13.6. The van der Waals surface area contributed by atoms with E-state index in [1.807, 2.05) is 0 Å². The van der Waals surface area contributed by atoms with Crippen molar-refractivity contribution in [1.29, 1.82) is 0 Å². The zero-order valence-electron chi connectivity index (χ0n) is 16.7. The van der Waals surface area contributed by atoms with Gasteiger partial charge in [-0.3, -0.25) is 14.4 Å². The van der Waals surface area contributed by atoms with Gasteiger partial charge in [-0.15, -0.1) is 0 Å². The van der Waals surface area contributed by atoms with Crippen molar-refractivity contribution in [3.63, 3.8) is 0 Å². The van der Waals surface area contributed by atoms with Crippen LogP contribution in [0.3, 0.4) is 0 Å². The molecule has 1 aliphatic carbocycles. The van der Waals surface area contributed by atoms with Gasteiger partial charge in [0.2, 0.25) is 0 Å². The van der Waals surface area contributed by atoms with Gasteiger partial charge in [-0.2, -0.15) is 13.2 Å². The Kier molecular flexibility index (Phi) is 5.83. The highest BCUT2D eigenvalue weighted by Crippen LogP contribution is 2.44. The molecule has 0 fully saturated rings. The molecule has 0 bridgehead atoms. The highest BCUT2D eigenvalue weighted by Gasteiger charge is 2.43. The van der Waals surface area contributed by atoms with Gasteiger partial charge in [0.15, 0.2) is 5.78 Å². The minimum atomic E-state index is -4.80. The first kappa shape index (κ1) is 22.4. The Morgan fingerprint density at radius 1 is 1.21 bits per heavy atom. The first-order chi connectivity index (χ1) is 13.1. The molecule has 0 heterocycles. The van der Waals surface area contributed by atoms with Crippen LogP contribution in [0.2, 0.25) is 0 Å². The van der Waals surface area contributed by atoms with Crippen molar-refractivity contribution in [2.24, 2.45) is 0 Å². The van der Waals surface area contributed by atoms with Crippen molar-refractivity contribution in [3.8, 4) is 0 Å². The molecule has 0 aliphatic heterocycles. The van der Waals surface area contributed by atoms with E-state index in [1.165, 1.54) is 26.0 Å². The number of halogens is 3. The summed E-state index contributed by atoms with van der Waals surface area (Å²) < 4.78 is 45.8. The Balaban J connectivity index is 2.48. The number of hydrogen-bond donors (Lipinski definition) is 2. The molecule has 2 rings (SSSR count). The zero-order chi connectivity index (χ0) is 22.3. The van der Waals surface area contributed by atoms with Gasteiger partial charge in [0.05, 0.1) is 5.56 Å². The Morgan fingerprint density at radius 3 is 2.31 bits per heavy atom. The van der Waals surface area contributed by atoms with Crippen molar-refractivity contribution < 1.29 is 37.4 Å². The highest BCUT2D eigenvalue weighted by atomic mass is 19.4. The fraction of sp³-hybridized carbons (Fsp3) is 0.450. The Morgan fingerprint density at radius 2 is 1.79 bits per heavy atom. The molecule has 1 aliphatic rings. The lowest BCUT2D eigenvalue weighted by molar-refractivity contribution is -0.154. The Bertz CT molecular complexity index is 910. The van der Waals surface area contributed by atoms with E-state index < -0.39 is 64.4 Å². The average Bonchev–Trinajstić information content (AvgIpc) is 2.55. The zero-order valence-corrected chi connectivity index (χ0v) is 16.7. The Labute approximate surface area is 165 Å². The molecule has 158 valence electrons. The number of benzene rings is 1. The molecule has 2 N–H and O–H groups in total. The van der Waals surface area contributed by atoms with Crippen molar-refractivity contribution in [2.75, 3.05) is 6.54 Å². The fourth-order valence-corrected chi connectivity index (χ4v) is 3.14. The number of alkyl halides is 3. The molecule has 1 aromatic carbocycles. The molecule has 6 nitrogen and oxygen atoms in total. The van der Waals surface area contributed by atoms with Crippen LogP contribution in [0.15, 0.2) is 17.7 Å². The number of nitrogens with one attached hydrogen (secondary N) is 1. The number of esters is 1. The Hall–Kier alpha value is -2.84. The predicted molar refractivity (Wildman–Crippen MR) is 98.0 cm³/mol. The third kappa shape index (κ3) is 4.60. The second kappa shape index (κ2) is 7.53. The summed E-state index contributed by atoms with van der Waals surface area (Å²) in [5.41, 5.74) is -3.50. The minimum absolute atomic E-state index is 0.0193. The number of rotatable bonds is 3. The summed E-state index contributed by atoms with van der Waals surface area (Å²) in [5, 5.41) is 12.6. The molecular formula is C20H22F3NO5. The summed E-state index contributed by atoms with van der Waals surface area (Å²) >= 11 is 0. The van der Waals surface area contributed by atoms with Crippen LogP contribution in [0.1, 0.15) is 55.9 Å². The average molecular weight is 413 g/mol.